The van der Waals surface area contributed by atoms with E-state index in [2.05, 4.69) is 15.5 Å². The quantitative estimate of drug-likeness (QED) is 0.545. The Morgan fingerprint density at radius 3 is 2.08 bits per heavy atom. The van der Waals surface area contributed by atoms with E-state index in [1.54, 1.807) is 24.5 Å². The molecule has 0 aliphatic carbocycles. The van der Waals surface area contributed by atoms with Crippen LogP contribution in [0.5, 0.6) is 0 Å². The van der Waals surface area contributed by atoms with E-state index in [0.29, 0.717) is 5.69 Å². The van der Waals surface area contributed by atoms with E-state index < -0.39 is 10.0 Å². The van der Waals surface area contributed by atoms with Gasteiger partial charge in [0.15, 0.2) is 0 Å². The second-order valence-electron chi connectivity index (χ2n) is 5.24. The number of benzene rings is 2. The van der Waals surface area contributed by atoms with Gasteiger partial charge in [0.05, 0.1) is 16.3 Å². The van der Waals surface area contributed by atoms with Gasteiger partial charge in [-0.3, -0.25) is 10.4 Å². The smallest absolute Gasteiger partial charge is 0.238 e. The lowest BCUT2D eigenvalue weighted by Crippen LogP contribution is -2.12. The number of primary sulfonamides is 1. The van der Waals surface area contributed by atoms with Crippen molar-refractivity contribution in [3.05, 3.63) is 90.3 Å². The molecule has 0 unspecified atom stereocenters. The maximum atomic E-state index is 11.3. The highest BCUT2D eigenvalue weighted by atomic mass is 32.2. The zero-order chi connectivity index (χ0) is 17.7. The zero-order valence-corrected chi connectivity index (χ0v) is 14.0. The Kier molecular flexibility index (Phi) is 4.87. The van der Waals surface area contributed by atoms with Crippen molar-refractivity contribution in [3.8, 4) is 0 Å². The molecule has 0 saturated heterocycles. The maximum absolute atomic E-state index is 11.3. The monoisotopic (exact) mass is 352 g/mol. The standard InChI is InChI=1S/C18H16N4O2S/c19-25(23,24)17-8-6-16(7-9-17)21-22-18(14-4-2-1-3-5-14)15-10-12-20-13-11-15/h1-13,21H,(H2,19,23,24). The molecule has 0 radical (unpaired) electrons. The Bertz CT molecular complexity index is 929. The number of hydrogen-bond acceptors (Lipinski definition) is 5. The van der Waals surface area contributed by atoms with Crippen LogP contribution >= 0.6 is 0 Å². The summed E-state index contributed by atoms with van der Waals surface area (Å²) in [7, 11) is -3.71. The van der Waals surface area contributed by atoms with Crippen molar-refractivity contribution >= 4 is 21.4 Å². The lowest BCUT2D eigenvalue weighted by Gasteiger charge is -2.08. The van der Waals surface area contributed by atoms with E-state index in [1.165, 1.54) is 12.1 Å². The van der Waals surface area contributed by atoms with Crippen molar-refractivity contribution < 1.29 is 8.42 Å². The van der Waals surface area contributed by atoms with Crippen LogP contribution in [0.4, 0.5) is 5.69 Å². The van der Waals surface area contributed by atoms with E-state index in [4.69, 9.17) is 5.14 Å². The van der Waals surface area contributed by atoms with E-state index in [9.17, 15) is 8.42 Å². The first-order chi connectivity index (χ1) is 12.0. The number of anilines is 1. The molecule has 3 rings (SSSR count). The van der Waals surface area contributed by atoms with Gasteiger partial charge in [0, 0.05) is 23.5 Å². The molecule has 0 amide bonds. The van der Waals surface area contributed by atoms with Crippen LogP contribution in [-0.4, -0.2) is 19.1 Å². The summed E-state index contributed by atoms with van der Waals surface area (Å²) in [6.45, 7) is 0. The summed E-state index contributed by atoms with van der Waals surface area (Å²) in [5, 5.41) is 9.58. The normalized spacial score (nSPS) is 12.0. The number of nitrogens with zero attached hydrogens (tertiary/aromatic N) is 2. The molecule has 1 aromatic heterocycles. The van der Waals surface area contributed by atoms with Gasteiger partial charge in [-0.1, -0.05) is 30.3 Å². The lowest BCUT2D eigenvalue weighted by atomic mass is 10.0. The third kappa shape index (κ3) is 4.28. The first-order valence-electron chi connectivity index (χ1n) is 7.46. The fourth-order valence-corrected chi connectivity index (χ4v) is 2.76. The number of nitrogens with two attached hydrogens (primary N) is 1. The molecule has 0 bridgehead atoms. The minimum atomic E-state index is -3.71. The molecule has 25 heavy (non-hydrogen) atoms. The number of nitrogens with one attached hydrogen (secondary N) is 1. The molecule has 0 atom stereocenters. The molecule has 0 fully saturated rings. The Balaban J connectivity index is 1.92. The molecule has 126 valence electrons. The summed E-state index contributed by atoms with van der Waals surface area (Å²) in [6, 6.07) is 19.6. The van der Waals surface area contributed by atoms with Gasteiger partial charge in [-0.25, -0.2) is 13.6 Å². The van der Waals surface area contributed by atoms with Crippen molar-refractivity contribution in [2.24, 2.45) is 10.2 Å². The summed E-state index contributed by atoms with van der Waals surface area (Å²) in [5.41, 5.74) is 6.21. The van der Waals surface area contributed by atoms with Gasteiger partial charge >= 0.3 is 0 Å². The van der Waals surface area contributed by atoms with Gasteiger partial charge in [-0.2, -0.15) is 5.10 Å². The fraction of sp³-hybridized carbons (Fsp3) is 0. The Labute approximate surface area is 146 Å². The van der Waals surface area contributed by atoms with E-state index in [1.807, 2.05) is 42.5 Å². The highest BCUT2D eigenvalue weighted by Crippen LogP contribution is 2.15. The van der Waals surface area contributed by atoms with Crippen molar-refractivity contribution in [2.45, 2.75) is 4.90 Å². The van der Waals surface area contributed by atoms with Gasteiger partial charge in [0.2, 0.25) is 10.0 Å². The lowest BCUT2D eigenvalue weighted by molar-refractivity contribution is 0.598. The third-order valence-electron chi connectivity index (χ3n) is 3.48. The molecule has 3 N–H and O–H groups in total. The zero-order valence-electron chi connectivity index (χ0n) is 13.2. The molecule has 0 spiro atoms. The maximum Gasteiger partial charge on any atom is 0.238 e. The van der Waals surface area contributed by atoms with Crippen LogP contribution in [0.25, 0.3) is 0 Å². The summed E-state index contributed by atoms with van der Waals surface area (Å²) >= 11 is 0. The number of sulfonamides is 1. The second-order valence-corrected chi connectivity index (χ2v) is 6.80. The molecular formula is C18H16N4O2S. The van der Waals surface area contributed by atoms with Crippen LogP contribution in [0.15, 0.2) is 89.1 Å². The summed E-state index contributed by atoms with van der Waals surface area (Å²) in [5.74, 6) is 0. The van der Waals surface area contributed by atoms with E-state index in [-0.39, 0.29) is 4.90 Å². The summed E-state index contributed by atoms with van der Waals surface area (Å²) < 4.78 is 22.6. The van der Waals surface area contributed by atoms with E-state index >= 15 is 0 Å². The van der Waals surface area contributed by atoms with Crippen molar-refractivity contribution in [1.29, 1.82) is 0 Å². The highest BCUT2D eigenvalue weighted by Gasteiger charge is 2.08. The Hall–Kier alpha value is -3.03. The predicted octanol–water partition coefficient (Wildman–Crippen LogP) is 2.59. The molecule has 0 aliphatic rings. The van der Waals surface area contributed by atoms with Crippen molar-refractivity contribution in [1.82, 2.24) is 4.98 Å². The van der Waals surface area contributed by atoms with Gasteiger partial charge in [0.1, 0.15) is 0 Å². The van der Waals surface area contributed by atoms with Crippen molar-refractivity contribution in [3.63, 3.8) is 0 Å². The van der Waals surface area contributed by atoms with Crippen molar-refractivity contribution in [2.75, 3.05) is 5.43 Å². The van der Waals surface area contributed by atoms with Crippen LogP contribution in [0.3, 0.4) is 0 Å². The largest absolute Gasteiger partial charge is 0.278 e. The fourth-order valence-electron chi connectivity index (χ4n) is 2.24. The molecule has 7 heteroatoms. The molecule has 0 saturated carbocycles. The molecule has 3 aromatic rings. The van der Waals surface area contributed by atoms with Gasteiger partial charge in [-0.05, 0) is 36.4 Å². The summed E-state index contributed by atoms with van der Waals surface area (Å²) in [4.78, 5) is 4.08. The van der Waals surface area contributed by atoms with Crippen LogP contribution in [-0.2, 0) is 10.0 Å². The SMILES string of the molecule is NS(=O)(=O)c1ccc(NN=C(c2ccccc2)c2ccncc2)cc1. The van der Waals surface area contributed by atoms with Crippen LogP contribution in [0.1, 0.15) is 11.1 Å². The Morgan fingerprint density at radius 1 is 0.880 bits per heavy atom. The van der Waals surface area contributed by atoms with Crippen LogP contribution in [0, 0.1) is 0 Å². The number of pyridine rings is 1. The average molecular weight is 352 g/mol. The second kappa shape index (κ2) is 7.25. The predicted molar refractivity (Wildman–Crippen MR) is 97.8 cm³/mol. The number of aromatic nitrogens is 1. The van der Waals surface area contributed by atoms with Crippen LogP contribution in [0.2, 0.25) is 0 Å². The minimum absolute atomic E-state index is 0.0550. The average Bonchev–Trinajstić information content (AvgIpc) is 2.63. The molecule has 0 aliphatic heterocycles. The first kappa shape index (κ1) is 16.8. The minimum Gasteiger partial charge on any atom is -0.278 e. The molecule has 2 aromatic carbocycles. The molecular weight excluding hydrogens is 336 g/mol. The van der Waals surface area contributed by atoms with Crippen LogP contribution < -0.4 is 10.6 Å². The number of hydrogen-bond donors (Lipinski definition) is 2. The van der Waals surface area contributed by atoms with Gasteiger partial charge in [0.25, 0.3) is 0 Å². The number of hydrazone groups is 1. The molecule has 6 nitrogen and oxygen atoms in total. The van der Waals surface area contributed by atoms with Gasteiger partial charge < -0.3 is 0 Å². The first-order valence-corrected chi connectivity index (χ1v) is 9.01. The summed E-state index contributed by atoms with van der Waals surface area (Å²) in [6.07, 6.45) is 3.41. The topological polar surface area (TPSA) is 97.4 Å². The highest BCUT2D eigenvalue weighted by molar-refractivity contribution is 7.89. The van der Waals surface area contributed by atoms with E-state index in [0.717, 1.165) is 16.8 Å². The number of rotatable bonds is 5. The third-order valence-corrected chi connectivity index (χ3v) is 4.41. The van der Waals surface area contributed by atoms with Gasteiger partial charge in [-0.15, -0.1) is 0 Å². The molecule has 1 heterocycles. The Morgan fingerprint density at radius 2 is 1.48 bits per heavy atom.